The Balaban J connectivity index is 1.91. The lowest BCUT2D eigenvalue weighted by Gasteiger charge is -2.27. The van der Waals surface area contributed by atoms with E-state index >= 15 is 0 Å². The van der Waals surface area contributed by atoms with Crippen LogP contribution in [-0.4, -0.2) is 33.7 Å². The molecule has 0 saturated heterocycles. The third kappa shape index (κ3) is 3.24. The van der Waals surface area contributed by atoms with E-state index in [1.165, 1.54) is 25.7 Å². The Hall–Kier alpha value is -1.52. The summed E-state index contributed by atoms with van der Waals surface area (Å²) in [6, 6.07) is 2.10. The third-order valence-corrected chi connectivity index (χ3v) is 3.72. The molecule has 2 rings (SSSR count). The van der Waals surface area contributed by atoms with Gasteiger partial charge >= 0.3 is 0 Å². The second-order valence-electron chi connectivity index (χ2n) is 5.09. The molecule has 1 heterocycles. The zero-order valence-corrected chi connectivity index (χ0v) is 11.0. The first-order valence-electron chi connectivity index (χ1n) is 6.71. The van der Waals surface area contributed by atoms with Gasteiger partial charge in [-0.25, -0.2) is 0 Å². The molecule has 0 aliphatic heterocycles. The molecule has 1 aromatic heterocycles. The fourth-order valence-corrected chi connectivity index (χ4v) is 2.56. The summed E-state index contributed by atoms with van der Waals surface area (Å²) in [5.41, 5.74) is 5.54. The molecule has 1 amide bonds. The average molecular weight is 250 g/mol. The molecular formula is C13H22N4O. The maximum atomic E-state index is 12.2. The highest BCUT2D eigenvalue weighted by atomic mass is 16.2. The lowest BCUT2D eigenvalue weighted by Crippen LogP contribution is -2.38. The molecule has 0 spiro atoms. The first-order chi connectivity index (χ1) is 8.66. The Labute approximate surface area is 108 Å². The highest BCUT2D eigenvalue weighted by Gasteiger charge is 2.21. The number of carbonyl (C=O) groups excluding carboxylic acids is 1. The number of amides is 1. The van der Waals surface area contributed by atoms with Crippen LogP contribution in [-0.2, 0) is 11.3 Å². The van der Waals surface area contributed by atoms with Crippen molar-refractivity contribution >= 4 is 11.7 Å². The monoisotopic (exact) mass is 250 g/mol. The number of aromatic nitrogens is 2. The van der Waals surface area contributed by atoms with E-state index in [1.807, 2.05) is 11.9 Å². The summed E-state index contributed by atoms with van der Waals surface area (Å²) >= 11 is 0. The van der Waals surface area contributed by atoms with Crippen molar-refractivity contribution < 1.29 is 4.79 Å². The lowest BCUT2D eigenvalue weighted by molar-refractivity contribution is -0.133. The predicted molar refractivity (Wildman–Crippen MR) is 70.9 cm³/mol. The molecule has 0 atom stereocenters. The molecule has 5 heteroatoms. The molecule has 0 radical (unpaired) electrons. The van der Waals surface area contributed by atoms with E-state index in [-0.39, 0.29) is 12.5 Å². The van der Waals surface area contributed by atoms with Gasteiger partial charge < -0.3 is 10.6 Å². The van der Waals surface area contributed by atoms with Gasteiger partial charge in [-0.05, 0) is 18.9 Å². The van der Waals surface area contributed by atoms with Gasteiger partial charge in [-0.1, -0.05) is 25.7 Å². The zero-order valence-electron chi connectivity index (χ0n) is 11.0. The summed E-state index contributed by atoms with van der Waals surface area (Å²) in [5.74, 6) is 0.574. The van der Waals surface area contributed by atoms with Crippen LogP contribution in [0.5, 0.6) is 0 Å². The quantitative estimate of drug-likeness (QED) is 0.830. The van der Waals surface area contributed by atoms with Crippen molar-refractivity contribution in [2.45, 2.75) is 51.1 Å². The van der Waals surface area contributed by atoms with E-state index in [2.05, 4.69) is 5.10 Å². The molecule has 0 aromatic carbocycles. The highest BCUT2D eigenvalue weighted by molar-refractivity contribution is 5.76. The summed E-state index contributed by atoms with van der Waals surface area (Å²) in [4.78, 5) is 14.0. The van der Waals surface area contributed by atoms with E-state index in [0.29, 0.717) is 11.9 Å². The molecule has 5 nitrogen and oxygen atoms in total. The number of anilines is 1. The van der Waals surface area contributed by atoms with E-state index < -0.39 is 0 Å². The topological polar surface area (TPSA) is 64.2 Å². The van der Waals surface area contributed by atoms with Crippen molar-refractivity contribution in [3.05, 3.63) is 12.3 Å². The van der Waals surface area contributed by atoms with E-state index in [9.17, 15) is 4.79 Å². The molecule has 0 unspecified atom stereocenters. The van der Waals surface area contributed by atoms with Crippen molar-refractivity contribution in [3.8, 4) is 0 Å². The Morgan fingerprint density at radius 3 is 2.67 bits per heavy atom. The second-order valence-corrected chi connectivity index (χ2v) is 5.09. The summed E-state index contributed by atoms with van der Waals surface area (Å²) < 4.78 is 1.60. The Morgan fingerprint density at radius 2 is 2.11 bits per heavy atom. The molecule has 1 aromatic rings. The van der Waals surface area contributed by atoms with Gasteiger partial charge in [0.25, 0.3) is 0 Å². The fourth-order valence-electron chi connectivity index (χ4n) is 2.56. The summed E-state index contributed by atoms with van der Waals surface area (Å²) in [6.07, 6.45) is 9.07. The van der Waals surface area contributed by atoms with E-state index in [0.717, 1.165) is 12.8 Å². The lowest BCUT2D eigenvalue weighted by atomic mass is 10.1. The first-order valence-corrected chi connectivity index (χ1v) is 6.71. The minimum absolute atomic E-state index is 0.116. The SMILES string of the molecule is CN(C(=O)Cn1ccc(N)n1)C1CCCCCC1. The molecule has 2 N–H and O–H groups in total. The van der Waals surface area contributed by atoms with Crippen LogP contribution in [0, 0.1) is 0 Å². The second kappa shape index (κ2) is 5.89. The number of nitrogens with zero attached hydrogens (tertiary/aromatic N) is 3. The average Bonchev–Trinajstić information content (AvgIpc) is 2.62. The van der Waals surface area contributed by atoms with Crippen LogP contribution in [0.4, 0.5) is 5.82 Å². The minimum Gasteiger partial charge on any atom is -0.382 e. The van der Waals surface area contributed by atoms with E-state index in [4.69, 9.17) is 5.73 Å². The summed E-state index contributed by atoms with van der Waals surface area (Å²) in [5, 5.41) is 4.04. The van der Waals surface area contributed by atoms with Gasteiger partial charge in [0.2, 0.25) is 5.91 Å². The van der Waals surface area contributed by atoms with Crippen molar-refractivity contribution in [2.75, 3.05) is 12.8 Å². The maximum Gasteiger partial charge on any atom is 0.244 e. The van der Waals surface area contributed by atoms with Crippen LogP contribution in [0.25, 0.3) is 0 Å². The Morgan fingerprint density at radius 1 is 1.44 bits per heavy atom. The number of nitrogens with two attached hydrogens (primary N) is 1. The first kappa shape index (κ1) is 12.9. The van der Waals surface area contributed by atoms with Crippen molar-refractivity contribution in [3.63, 3.8) is 0 Å². The highest BCUT2D eigenvalue weighted by Crippen LogP contribution is 2.21. The van der Waals surface area contributed by atoms with Crippen molar-refractivity contribution in [2.24, 2.45) is 0 Å². The van der Waals surface area contributed by atoms with Crippen molar-refractivity contribution in [1.29, 1.82) is 0 Å². The number of hydrogen-bond acceptors (Lipinski definition) is 3. The number of rotatable bonds is 3. The maximum absolute atomic E-state index is 12.2. The molecular weight excluding hydrogens is 228 g/mol. The molecule has 1 saturated carbocycles. The fraction of sp³-hybridized carbons (Fsp3) is 0.692. The van der Waals surface area contributed by atoms with Gasteiger partial charge in [-0.15, -0.1) is 0 Å². The number of carbonyl (C=O) groups is 1. The zero-order chi connectivity index (χ0) is 13.0. The predicted octanol–water partition coefficient (Wildman–Crippen LogP) is 1.65. The molecule has 1 aliphatic carbocycles. The molecule has 1 fully saturated rings. The van der Waals surface area contributed by atoms with Gasteiger partial charge in [-0.3, -0.25) is 9.48 Å². The minimum atomic E-state index is 0.116. The molecule has 1 aliphatic rings. The largest absolute Gasteiger partial charge is 0.382 e. The van der Waals surface area contributed by atoms with Gasteiger partial charge in [0.1, 0.15) is 12.4 Å². The van der Waals surface area contributed by atoms with Gasteiger partial charge in [0.15, 0.2) is 0 Å². The smallest absolute Gasteiger partial charge is 0.244 e. The van der Waals surface area contributed by atoms with Crippen LogP contribution in [0.1, 0.15) is 38.5 Å². The Kier molecular flexibility index (Phi) is 4.23. The van der Waals surface area contributed by atoms with Gasteiger partial charge in [-0.2, -0.15) is 5.10 Å². The number of hydrogen-bond donors (Lipinski definition) is 1. The van der Waals surface area contributed by atoms with Crippen LogP contribution in [0.3, 0.4) is 0 Å². The summed E-state index contributed by atoms with van der Waals surface area (Å²) in [6.45, 7) is 0.282. The van der Waals surface area contributed by atoms with Crippen LogP contribution >= 0.6 is 0 Å². The third-order valence-electron chi connectivity index (χ3n) is 3.72. The van der Waals surface area contributed by atoms with Crippen LogP contribution in [0.15, 0.2) is 12.3 Å². The van der Waals surface area contributed by atoms with Crippen LogP contribution in [0.2, 0.25) is 0 Å². The Bertz CT molecular complexity index is 393. The van der Waals surface area contributed by atoms with Gasteiger partial charge in [0, 0.05) is 19.3 Å². The molecule has 18 heavy (non-hydrogen) atoms. The van der Waals surface area contributed by atoms with Gasteiger partial charge in [0.05, 0.1) is 0 Å². The number of likely N-dealkylation sites (N-methyl/N-ethyl adjacent to an activating group) is 1. The standard InChI is InChI=1S/C13H22N4O/c1-16(11-6-4-2-3-5-7-11)13(18)10-17-9-8-12(14)15-17/h8-9,11H,2-7,10H2,1H3,(H2,14,15). The summed E-state index contributed by atoms with van der Waals surface area (Å²) in [7, 11) is 1.91. The van der Waals surface area contributed by atoms with E-state index in [1.54, 1.807) is 16.9 Å². The van der Waals surface area contributed by atoms with Crippen LogP contribution < -0.4 is 5.73 Å². The molecule has 0 bridgehead atoms. The number of nitrogen functional groups attached to an aromatic ring is 1. The molecule has 100 valence electrons. The van der Waals surface area contributed by atoms with Crippen molar-refractivity contribution in [1.82, 2.24) is 14.7 Å². The normalized spacial score (nSPS) is 17.4.